The van der Waals surface area contributed by atoms with Crippen LogP contribution in [0.4, 0.5) is 5.69 Å². The normalized spacial score (nSPS) is 14.2. The lowest BCUT2D eigenvalue weighted by Gasteiger charge is -2.22. The molecule has 0 bridgehead atoms. The molecule has 5 nitrogen and oxygen atoms in total. The molecule has 20 heavy (non-hydrogen) atoms. The first-order valence-electron chi connectivity index (χ1n) is 6.81. The summed E-state index contributed by atoms with van der Waals surface area (Å²) in [4.78, 5) is 15.1. The van der Waals surface area contributed by atoms with Crippen molar-refractivity contribution < 1.29 is 9.90 Å². The van der Waals surface area contributed by atoms with E-state index in [0.717, 1.165) is 17.3 Å². The van der Waals surface area contributed by atoms with Gasteiger partial charge in [-0.05, 0) is 25.5 Å². The van der Waals surface area contributed by atoms with Crippen LogP contribution in [0.25, 0.3) is 10.9 Å². The molecule has 0 spiro atoms. The Morgan fingerprint density at radius 2 is 2.25 bits per heavy atom. The van der Waals surface area contributed by atoms with Gasteiger partial charge in [-0.25, -0.2) is 0 Å². The van der Waals surface area contributed by atoms with Crippen molar-refractivity contribution in [3.05, 3.63) is 30.0 Å². The van der Waals surface area contributed by atoms with Gasteiger partial charge in [0, 0.05) is 11.9 Å². The van der Waals surface area contributed by atoms with Gasteiger partial charge in [0.1, 0.15) is 5.69 Å². The minimum atomic E-state index is -0.880. The fourth-order valence-corrected chi connectivity index (χ4v) is 2.29. The van der Waals surface area contributed by atoms with Gasteiger partial charge >= 0.3 is 0 Å². The molecule has 0 aliphatic rings. The Labute approximate surface area is 118 Å². The van der Waals surface area contributed by atoms with Gasteiger partial charge in [-0.15, -0.1) is 0 Å². The first-order chi connectivity index (χ1) is 9.43. The largest absolute Gasteiger partial charge is 0.397 e. The fraction of sp³-hybridized carbons (Fsp3) is 0.400. The van der Waals surface area contributed by atoms with E-state index in [2.05, 4.69) is 10.3 Å². The number of hydrogen-bond donors (Lipinski definition) is 4. The van der Waals surface area contributed by atoms with Crippen molar-refractivity contribution in [2.45, 2.75) is 32.3 Å². The second kappa shape index (κ2) is 5.54. The molecule has 108 valence electrons. The zero-order valence-electron chi connectivity index (χ0n) is 11.9. The maximum absolute atomic E-state index is 12.1. The Kier molecular flexibility index (Phi) is 3.99. The van der Waals surface area contributed by atoms with E-state index >= 15 is 0 Å². The van der Waals surface area contributed by atoms with Crippen LogP contribution in [-0.2, 0) is 0 Å². The zero-order chi connectivity index (χ0) is 14.8. The highest BCUT2D eigenvalue weighted by atomic mass is 16.3. The molecule has 1 heterocycles. The number of hydrogen-bond acceptors (Lipinski definition) is 3. The van der Waals surface area contributed by atoms with Crippen molar-refractivity contribution in [1.29, 1.82) is 0 Å². The van der Waals surface area contributed by atoms with Crippen LogP contribution in [0.2, 0.25) is 0 Å². The third kappa shape index (κ3) is 3.11. The third-order valence-electron chi connectivity index (χ3n) is 3.35. The molecule has 1 aromatic heterocycles. The first kappa shape index (κ1) is 14.4. The number of aromatic amines is 1. The van der Waals surface area contributed by atoms with Crippen LogP contribution in [0.3, 0.4) is 0 Å². The molecule has 0 aliphatic carbocycles. The average Bonchev–Trinajstić information content (AvgIpc) is 2.81. The molecule has 0 saturated carbocycles. The smallest absolute Gasteiger partial charge is 0.267 e. The number of rotatable bonds is 5. The Morgan fingerprint density at radius 1 is 1.50 bits per heavy atom. The van der Waals surface area contributed by atoms with Gasteiger partial charge in [0.25, 0.3) is 5.91 Å². The molecular weight excluding hydrogens is 254 g/mol. The number of nitrogens with two attached hydrogens (primary N) is 1. The molecule has 1 aromatic carbocycles. The summed E-state index contributed by atoms with van der Waals surface area (Å²) in [5.41, 5.74) is 6.79. The highest BCUT2D eigenvalue weighted by Gasteiger charge is 2.20. The van der Waals surface area contributed by atoms with Gasteiger partial charge in [-0.3, -0.25) is 4.79 Å². The number of aromatic nitrogens is 1. The maximum atomic E-state index is 12.1. The quantitative estimate of drug-likeness (QED) is 0.629. The van der Waals surface area contributed by atoms with Crippen molar-refractivity contribution in [3.8, 4) is 0 Å². The summed E-state index contributed by atoms with van der Waals surface area (Å²) in [5, 5.41) is 13.7. The predicted octanol–water partition coefficient (Wildman–Crippen LogP) is 2.03. The number of benzene rings is 1. The predicted molar refractivity (Wildman–Crippen MR) is 80.6 cm³/mol. The van der Waals surface area contributed by atoms with Crippen molar-refractivity contribution >= 4 is 22.5 Å². The van der Waals surface area contributed by atoms with Crippen molar-refractivity contribution in [2.24, 2.45) is 0 Å². The highest BCUT2D eigenvalue weighted by Crippen LogP contribution is 2.21. The van der Waals surface area contributed by atoms with Gasteiger partial charge in [0.05, 0.1) is 16.8 Å². The van der Waals surface area contributed by atoms with Gasteiger partial charge in [0.15, 0.2) is 0 Å². The molecule has 1 atom stereocenters. The minimum absolute atomic E-state index is 0.227. The van der Waals surface area contributed by atoms with Gasteiger partial charge in [-0.1, -0.05) is 25.5 Å². The van der Waals surface area contributed by atoms with E-state index in [1.165, 1.54) is 0 Å². The fourth-order valence-electron chi connectivity index (χ4n) is 2.29. The van der Waals surface area contributed by atoms with Gasteiger partial charge in [-0.2, -0.15) is 0 Å². The van der Waals surface area contributed by atoms with Crippen molar-refractivity contribution in [3.63, 3.8) is 0 Å². The maximum Gasteiger partial charge on any atom is 0.267 e. The number of carbonyl (C=O) groups is 1. The Bertz CT molecular complexity index is 617. The Hall–Kier alpha value is -2.01. The number of nitrogens with one attached hydrogen (secondary N) is 2. The van der Waals surface area contributed by atoms with Crippen LogP contribution in [0.5, 0.6) is 0 Å². The molecule has 1 unspecified atom stereocenters. The lowest BCUT2D eigenvalue weighted by molar-refractivity contribution is 0.0468. The monoisotopic (exact) mass is 275 g/mol. The average molecular weight is 275 g/mol. The molecule has 0 saturated heterocycles. The van der Waals surface area contributed by atoms with E-state index in [4.69, 9.17) is 5.73 Å². The van der Waals surface area contributed by atoms with Gasteiger partial charge in [0.2, 0.25) is 0 Å². The van der Waals surface area contributed by atoms with Crippen LogP contribution < -0.4 is 11.1 Å². The standard InChI is InChI=1S/C15H21N3O2/c1-3-7-15(2,20)9-17-14(19)12-8-10-5-4-6-11(16)13(10)18-12/h4-6,8,18,20H,3,7,9,16H2,1-2H3,(H,17,19). The molecule has 0 radical (unpaired) electrons. The summed E-state index contributed by atoms with van der Waals surface area (Å²) in [7, 11) is 0. The van der Waals surface area contributed by atoms with E-state index in [1.807, 2.05) is 19.1 Å². The van der Waals surface area contributed by atoms with E-state index in [9.17, 15) is 9.90 Å². The van der Waals surface area contributed by atoms with Crippen LogP contribution in [0, 0.1) is 0 Å². The number of para-hydroxylation sites is 1. The number of carbonyl (C=O) groups excluding carboxylic acids is 1. The van der Waals surface area contributed by atoms with Crippen LogP contribution in [-0.4, -0.2) is 28.1 Å². The van der Waals surface area contributed by atoms with Crippen LogP contribution in [0.15, 0.2) is 24.3 Å². The molecule has 1 amide bonds. The number of nitrogen functional groups attached to an aromatic ring is 1. The highest BCUT2D eigenvalue weighted by molar-refractivity contribution is 6.00. The van der Waals surface area contributed by atoms with Crippen LogP contribution in [0.1, 0.15) is 37.2 Å². The van der Waals surface area contributed by atoms with Gasteiger partial charge < -0.3 is 21.1 Å². The SMILES string of the molecule is CCCC(C)(O)CNC(=O)c1cc2cccc(N)c2[nH]1. The Balaban J connectivity index is 2.10. The second-order valence-corrected chi connectivity index (χ2v) is 5.42. The zero-order valence-corrected chi connectivity index (χ0v) is 11.9. The molecule has 2 rings (SSSR count). The topological polar surface area (TPSA) is 91.1 Å². The molecule has 0 fully saturated rings. The second-order valence-electron chi connectivity index (χ2n) is 5.42. The summed E-state index contributed by atoms with van der Waals surface area (Å²) in [6.45, 7) is 3.95. The number of anilines is 1. The lowest BCUT2D eigenvalue weighted by atomic mass is 10.0. The molecular formula is C15H21N3O2. The van der Waals surface area contributed by atoms with E-state index in [-0.39, 0.29) is 12.5 Å². The number of fused-ring (bicyclic) bond motifs is 1. The summed E-state index contributed by atoms with van der Waals surface area (Å²) < 4.78 is 0. The summed E-state index contributed by atoms with van der Waals surface area (Å²) in [6.07, 6.45) is 1.51. The number of H-pyrrole nitrogens is 1. The minimum Gasteiger partial charge on any atom is -0.397 e. The van der Waals surface area contributed by atoms with E-state index in [1.54, 1.807) is 19.1 Å². The molecule has 2 aromatic rings. The van der Waals surface area contributed by atoms with Crippen molar-refractivity contribution in [1.82, 2.24) is 10.3 Å². The first-order valence-corrected chi connectivity index (χ1v) is 6.81. The lowest BCUT2D eigenvalue weighted by Crippen LogP contribution is -2.40. The third-order valence-corrected chi connectivity index (χ3v) is 3.35. The summed E-state index contributed by atoms with van der Waals surface area (Å²) in [5.74, 6) is -0.239. The van der Waals surface area contributed by atoms with E-state index < -0.39 is 5.60 Å². The number of amides is 1. The molecule has 5 N–H and O–H groups in total. The summed E-state index contributed by atoms with van der Waals surface area (Å²) in [6, 6.07) is 7.29. The van der Waals surface area contributed by atoms with Crippen LogP contribution >= 0.6 is 0 Å². The molecule has 5 heteroatoms. The number of aliphatic hydroxyl groups is 1. The summed E-state index contributed by atoms with van der Waals surface area (Å²) >= 11 is 0. The van der Waals surface area contributed by atoms with E-state index in [0.29, 0.717) is 17.8 Å². The molecule has 0 aliphatic heterocycles. The Morgan fingerprint density at radius 3 is 2.90 bits per heavy atom. The van der Waals surface area contributed by atoms with Crippen molar-refractivity contribution in [2.75, 3.05) is 12.3 Å².